The Bertz CT molecular complexity index is 2730. The number of carbonyl (C=O) groups excluding carboxylic acids is 4. The van der Waals surface area contributed by atoms with Gasteiger partial charge in [0, 0.05) is 34.3 Å². The zero-order chi connectivity index (χ0) is 47.8. The maximum Gasteiger partial charge on any atom is 0.273 e. The molecule has 4 aromatic carbocycles. The van der Waals surface area contributed by atoms with Gasteiger partial charge in [-0.15, -0.1) is 22.7 Å². The Balaban J connectivity index is 0.845. The van der Waals surface area contributed by atoms with Gasteiger partial charge >= 0.3 is 0 Å². The molecule has 6 aromatic rings. The minimum absolute atomic E-state index is 0.00266. The van der Waals surface area contributed by atoms with E-state index < -0.39 is 35.4 Å². The Morgan fingerprint density at radius 1 is 0.896 bits per heavy atom. The molecule has 1 fully saturated rings. The van der Waals surface area contributed by atoms with Crippen molar-refractivity contribution in [1.29, 1.82) is 0 Å². The first-order chi connectivity index (χ1) is 32.0. The smallest absolute Gasteiger partial charge is 0.273 e. The number of aromatic nitrogens is 1. The quantitative estimate of drug-likeness (QED) is 0.0295. The average Bonchev–Trinajstić information content (AvgIpc) is 4.03. The van der Waals surface area contributed by atoms with Gasteiger partial charge in [0.1, 0.15) is 29.3 Å². The lowest BCUT2D eigenvalue weighted by atomic mass is 9.85. The molecule has 4 atom stereocenters. The van der Waals surface area contributed by atoms with E-state index in [2.05, 4.69) is 26.1 Å². The lowest BCUT2D eigenvalue weighted by Crippen LogP contribution is -2.57. The van der Waals surface area contributed by atoms with Gasteiger partial charge in [-0.3, -0.25) is 19.2 Å². The van der Waals surface area contributed by atoms with E-state index >= 15 is 0 Å². The van der Waals surface area contributed by atoms with Crippen LogP contribution in [0.5, 0.6) is 17.2 Å². The number of β-amino-alcohol motifs (C(OH)–C–C–N with tert-alkyl or cyclic N) is 1. The van der Waals surface area contributed by atoms with E-state index in [-0.39, 0.29) is 48.7 Å². The van der Waals surface area contributed by atoms with Crippen molar-refractivity contribution in [3.05, 3.63) is 119 Å². The van der Waals surface area contributed by atoms with Crippen molar-refractivity contribution < 1.29 is 39.2 Å². The van der Waals surface area contributed by atoms with Crippen molar-refractivity contribution in [1.82, 2.24) is 25.9 Å². The molecular weight excluding hydrogens is 889 g/mol. The van der Waals surface area contributed by atoms with Gasteiger partial charge in [-0.05, 0) is 128 Å². The van der Waals surface area contributed by atoms with Crippen molar-refractivity contribution in [2.75, 3.05) is 13.2 Å². The third kappa shape index (κ3) is 12.0. The van der Waals surface area contributed by atoms with E-state index in [9.17, 15) is 34.5 Å². The highest BCUT2D eigenvalue weighted by molar-refractivity contribution is 7.22. The molecule has 0 aliphatic carbocycles. The van der Waals surface area contributed by atoms with Crippen LogP contribution in [0, 0.1) is 12.3 Å². The van der Waals surface area contributed by atoms with Crippen molar-refractivity contribution >= 4 is 62.6 Å². The van der Waals surface area contributed by atoms with Gasteiger partial charge in [-0.25, -0.2) is 10.4 Å². The van der Waals surface area contributed by atoms with Crippen LogP contribution in [0.2, 0.25) is 0 Å². The monoisotopic (exact) mass is 944 g/mol. The molecule has 0 unspecified atom stereocenters. The minimum atomic E-state index is -0.907. The molecule has 2 aromatic heterocycles. The fourth-order valence-corrected chi connectivity index (χ4v) is 10.1. The highest BCUT2D eigenvalue weighted by Gasteiger charge is 2.44. The van der Waals surface area contributed by atoms with Crippen molar-refractivity contribution in [3.63, 3.8) is 0 Å². The van der Waals surface area contributed by atoms with Gasteiger partial charge < -0.3 is 35.6 Å². The molecule has 350 valence electrons. The van der Waals surface area contributed by atoms with E-state index in [0.717, 1.165) is 37.5 Å². The average molecular weight is 945 g/mol. The number of fused-ring (bicyclic) bond motifs is 1. The van der Waals surface area contributed by atoms with E-state index in [0.29, 0.717) is 47.4 Å². The number of hydrogen-bond acceptors (Lipinski definition) is 12. The van der Waals surface area contributed by atoms with Crippen LogP contribution >= 0.6 is 22.7 Å². The maximum absolute atomic E-state index is 14.1. The summed E-state index contributed by atoms with van der Waals surface area (Å²) in [6.45, 7) is 9.87. The van der Waals surface area contributed by atoms with Gasteiger partial charge in [-0.1, -0.05) is 45.0 Å². The molecule has 3 heterocycles. The Labute approximate surface area is 397 Å². The molecule has 0 radical (unpaired) electrons. The first-order valence-electron chi connectivity index (χ1n) is 22.3. The Morgan fingerprint density at radius 3 is 2.27 bits per heavy atom. The fourth-order valence-electron chi connectivity index (χ4n) is 8.00. The molecule has 1 saturated heterocycles. The molecule has 14 nitrogen and oxygen atoms in total. The number of carbonyl (C=O) groups is 4. The van der Waals surface area contributed by atoms with Crippen LogP contribution in [0.3, 0.4) is 0 Å². The molecule has 1 aliphatic rings. The van der Waals surface area contributed by atoms with Crippen LogP contribution in [-0.2, 0) is 14.4 Å². The van der Waals surface area contributed by atoms with Crippen LogP contribution in [-0.4, -0.2) is 86.4 Å². The summed E-state index contributed by atoms with van der Waals surface area (Å²) >= 11 is 2.93. The summed E-state index contributed by atoms with van der Waals surface area (Å²) in [5.41, 5.74) is 8.58. The SMILES string of the molecule is Cc1ncsc1-c1ccc([C@H](C)NC(=O)[C@@H]2C[C@@H](O)CN2C(=O)[C@@H](NC(=O)CCCCCOc2ccc(/C=N/NC(=O)c3c(-c4ccc(O)cc4)sc4cc(O)ccc34)cc2)C(C)(C)C)cc1. The van der Waals surface area contributed by atoms with Gasteiger partial charge in [-0.2, -0.15) is 5.10 Å². The highest BCUT2D eigenvalue weighted by Crippen LogP contribution is 2.40. The first kappa shape index (κ1) is 48.3. The second kappa shape index (κ2) is 21.3. The number of nitrogens with zero attached hydrogens (tertiary/aromatic N) is 3. The summed E-state index contributed by atoms with van der Waals surface area (Å²) in [6, 6.07) is 24.5. The van der Waals surface area contributed by atoms with Crippen molar-refractivity contribution in [3.8, 4) is 38.1 Å². The molecule has 0 bridgehead atoms. The summed E-state index contributed by atoms with van der Waals surface area (Å²) in [5.74, 6) is -0.584. The number of hydrazone groups is 1. The number of phenolic OH excluding ortho intramolecular Hbond substituents is 2. The molecule has 7 rings (SSSR count). The predicted molar refractivity (Wildman–Crippen MR) is 262 cm³/mol. The number of ether oxygens (including phenoxy) is 1. The zero-order valence-corrected chi connectivity index (χ0v) is 39.7. The van der Waals surface area contributed by atoms with Crippen LogP contribution < -0.4 is 20.8 Å². The second-order valence-electron chi connectivity index (χ2n) is 17.8. The number of nitrogens with one attached hydrogen (secondary N) is 3. The van der Waals surface area contributed by atoms with Gasteiger partial charge in [0.05, 0.1) is 46.6 Å². The van der Waals surface area contributed by atoms with Crippen molar-refractivity contribution in [2.24, 2.45) is 10.5 Å². The molecule has 0 saturated carbocycles. The minimum Gasteiger partial charge on any atom is -0.508 e. The molecule has 16 heteroatoms. The lowest BCUT2D eigenvalue weighted by Gasteiger charge is -2.35. The number of thiazole rings is 1. The highest BCUT2D eigenvalue weighted by atomic mass is 32.1. The molecular formula is C51H56N6O8S2. The predicted octanol–water partition coefficient (Wildman–Crippen LogP) is 8.48. The van der Waals surface area contributed by atoms with E-state index in [1.807, 2.05) is 76.5 Å². The Morgan fingerprint density at radius 2 is 1.58 bits per heavy atom. The number of phenols is 2. The summed E-state index contributed by atoms with van der Waals surface area (Å²) < 4.78 is 6.66. The van der Waals surface area contributed by atoms with E-state index in [1.165, 1.54) is 28.5 Å². The van der Waals surface area contributed by atoms with Crippen LogP contribution in [0.4, 0.5) is 0 Å². The first-order valence-corrected chi connectivity index (χ1v) is 23.9. The normalized spacial score (nSPS) is 15.9. The molecule has 0 spiro atoms. The van der Waals surface area contributed by atoms with E-state index in [4.69, 9.17) is 4.74 Å². The number of unbranched alkanes of at least 4 members (excludes halogenated alkanes) is 2. The summed E-state index contributed by atoms with van der Waals surface area (Å²) in [6.07, 6.45) is 2.97. The summed E-state index contributed by atoms with van der Waals surface area (Å²) in [4.78, 5) is 61.9. The van der Waals surface area contributed by atoms with Crippen molar-refractivity contribution in [2.45, 2.75) is 91.0 Å². The van der Waals surface area contributed by atoms with E-state index in [1.54, 1.807) is 59.9 Å². The summed E-state index contributed by atoms with van der Waals surface area (Å²) in [5, 5.41) is 41.3. The molecule has 4 amide bonds. The van der Waals surface area contributed by atoms with Gasteiger partial charge in [0.2, 0.25) is 17.7 Å². The number of benzene rings is 4. The third-order valence-electron chi connectivity index (χ3n) is 11.7. The number of aromatic hydroxyl groups is 2. The number of aryl methyl sites for hydroxylation is 1. The largest absolute Gasteiger partial charge is 0.508 e. The van der Waals surface area contributed by atoms with Crippen LogP contribution in [0.1, 0.15) is 93.0 Å². The number of rotatable bonds is 17. The Kier molecular flexibility index (Phi) is 15.4. The third-order valence-corrected chi connectivity index (χ3v) is 13.8. The Hall–Kier alpha value is -6.62. The van der Waals surface area contributed by atoms with Gasteiger partial charge in [0.15, 0.2) is 0 Å². The molecule has 1 aliphatic heterocycles. The molecule has 67 heavy (non-hydrogen) atoms. The number of thiophene rings is 1. The second-order valence-corrected chi connectivity index (χ2v) is 19.7. The van der Waals surface area contributed by atoms with Crippen LogP contribution in [0.15, 0.2) is 102 Å². The van der Waals surface area contributed by atoms with Gasteiger partial charge in [0.25, 0.3) is 5.91 Å². The number of likely N-dealkylation sites (tertiary alicyclic amines) is 1. The fraction of sp³-hybridized carbons (Fsp3) is 0.333. The standard InChI is InChI=1S/C51H56N6O8S2/c1-30(33-12-14-34(15-13-33)45-31(2)52-29-66-45)54-48(62)41-25-38(60)28-57(41)50(64)47(51(3,4)5)55-43(61)9-7-6-8-24-65-39-21-10-32(11-22-39)27-53-56-49(63)44-40-23-20-37(59)26-42(40)67-46(44)35-16-18-36(58)19-17-35/h10-23,26-27,29-30,38,41,47,58-60H,6-9,24-25,28H2,1-5H3,(H,54,62)(H,55,61)(H,56,63)/b53-27+/t30-,38+,41-,47+/m0/s1. The number of aliphatic hydroxyl groups is 1. The van der Waals surface area contributed by atoms with Crippen LogP contribution in [0.25, 0.3) is 31.0 Å². The molecule has 6 N–H and O–H groups in total. The zero-order valence-electron chi connectivity index (χ0n) is 38.1. The number of amides is 4. The lowest BCUT2D eigenvalue weighted by molar-refractivity contribution is -0.144. The maximum atomic E-state index is 14.1. The topological polar surface area (TPSA) is 203 Å². The number of aliphatic hydroxyl groups excluding tert-OH is 1. The number of hydrogen-bond donors (Lipinski definition) is 6. The summed E-state index contributed by atoms with van der Waals surface area (Å²) in [7, 11) is 0.